The van der Waals surface area contributed by atoms with Gasteiger partial charge in [0.1, 0.15) is 17.6 Å². The normalized spacial score (nSPS) is 13.5. The summed E-state index contributed by atoms with van der Waals surface area (Å²) >= 11 is 0. The van der Waals surface area contributed by atoms with Crippen LogP contribution >= 0.6 is 0 Å². The molecule has 0 amide bonds. The number of carbonyl (C=O) groups excluding carboxylic acids is 1. The predicted molar refractivity (Wildman–Crippen MR) is 99.9 cm³/mol. The highest BCUT2D eigenvalue weighted by atomic mass is 19.1. The third-order valence-corrected chi connectivity index (χ3v) is 4.38. The van der Waals surface area contributed by atoms with E-state index >= 15 is 0 Å². The molecule has 0 aliphatic heterocycles. The number of halogens is 1. The Labute approximate surface area is 158 Å². The van der Waals surface area contributed by atoms with E-state index in [4.69, 9.17) is 0 Å². The molecule has 1 unspecified atom stereocenters. The molecule has 2 N–H and O–H groups in total. The van der Waals surface area contributed by atoms with Gasteiger partial charge < -0.3 is 9.67 Å². The third kappa shape index (κ3) is 6.29. The lowest BCUT2D eigenvalue weighted by molar-refractivity contribution is -0.139. The maximum absolute atomic E-state index is 13.1. The van der Waals surface area contributed by atoms with Crippen LogP contribution < -0.4 is 5.32 Å². The Morgan fingerprint density at radius 3 is 2.44 bits per heavy atom. The molecule has 1 aromatic carbocycles. The van der Waals surface area contributed by atoms with Crippen molar-refractivity contribution in [3.63, 3.8) is 0 Å². The predicted octanol–water partition coefficient (Wildman–Crippen LogP) is 2.66. The third-order valence-electron chi connectivity index (χ3n) is 4.38. The molecule has 2 atom stereocenters. The number of carbonyl (C=O) groups is 2. The number of carboxylic acid groups (broad SMARTS) is 1. The van der Waals surface area contributed by atoms with Crippen LogP contribution in [0.4, 0.5) is 4.39 Å². The zero-order chi connectivity index (χ0) is 20.0. The number of aliphatic carboxylic acids is 1. The van der Waals surface area contributed by atoms with Gasteiger partial charge in [-0.05, 0) is 37.0 Å². The minimum absolute atomic E-state index is 0.0743. The van der Waals surface area contributed by atoms with Crippen molar-refractivity contribution < 1.29 is 19.1 Å². The van der Waals surface area contributed by atoms with Gasteiger partial charge >= 0.3 is 5.97 Å². The molecule has 0 saturated carbocycles. The van der Waals surface area contributed by atoms with Crippen molar-refractivity contribution in [1.82, 2.24) is 14.9 Å². The maximum Gasteiger partial charge on any atom is 0.321 e. The molecule has 0 fully saturated rings. The minimum Gasteiger partial charge on any atom is -0.480 e. The zero-order valence-electron chi connectivity index (χ0n) is 15.9. The van der Waals surface area contributed by atoms with E-state index in [9.17, 15) is 19.1 Å². The van der Waals surface area contributed by atoms with Crippen LogP contribution in [0.2, 0.25) is 0 Å². The van der Waals surface area contributed by atoms with Crippen LogP contribution in [0.15, 0.2) is 36.8 Å². The first kappa shape index (κ1) is 20.8. The summed E-state index contributed by atoms with van der Waals surface area (Å²) in [7, 11) is 0. The lowest BCUT2D eigenvalue weighted by Gasteiger charge is -2.23. The van der Waals surface area contributed by atoms with Crippen LogP contribution in [0.5, 0.6) is 0 Å². The molecule has 2 aromatic rings. The molecule has 0 aliphatic carbocycles. The number of rotatable bonds is 10. The Balaban J connectivity index is 2.12. The van der Waals surface area contributed by atoms with E-state index in [2.05, 4.69) is 10.3 Å². The molecule has 6 nitrogen and oxygen atoms in total. The molecule has 7 heteroatoms. The van der Waals surface area contributed by atoms with Crippen molar-refractivity contribution in [1.29, 1.82) is 0 Å². The number of aromatic nitrogens is 2. The number of carboxylic acids is 1. The summed E-state index contributed by atoms with van der Waals surface area (Å²) in [6.07, 6.45) is 4.01. The molecule has 2 rings (SSSR count). The summed E-state index contributed by atoms with van der Waals surface area (Å²) in [5.74, 6) is -1.13. The lowest BCUT2D eigenvalue weighted by atomic mass is 9.99. The monoisotopic (exact) mass is 375 g/mol. The Bertz CT molecular complexity index is 771. The molecule has 0 spiro atoms. The van der Waals surface area contributed by atoms with Gasteiger partial charge in [-0.1, -0.05) is 26.0 Å². The number of nitrogens with zero attached hydrogens (tertiary/aromatic N) is 2. The zero-order valence-corrected chi connectivity index (χ0v) is 15.9. The van der Waals surface area contributed by atoms with Gasteiger partial charge in [0, 0.05) is 24.9 Å². The SMILES string of the molecule is CC(=O)C(CC(C)C)N[C@@H](Cc1cncn1Cc1ccc(F)cc1)C(=O)O. The van der Waals surface area contributed by atoms with E-state index in [1.807, 2.05) is 18.4 Å². The highest BCUT2D eigenvalue weighted by Gasteiger charge is 2.26. The van der Waals surface area contributed by atoms with Crippen LogP contribution in [-0.4, -0.2) is 38.5 Å². The smallest absolute Gasteiger partial charge is 0.321 e. The first-order chi connectivity index (χ1) is 12.8. The minimum atomic E-state index is -1.01. The quantitative estimate of drug-likeness (QED) is 0.667. The number of benzene rings is 1. The molecule has 0 bridgehead atoms. The fraction of sp³-hybridized carbons (Fsp3) is 0.450. The van der Waals surface area contributed by atoms with Gasteiger partial charge in [-0.3, -0.25) is 14.9 Å². The van der Waals surface area contributed by atoms with Crippen molar-refractivity contribution in [2.24, 2.45) is 5.92 Å². The number of ketones is 1. The molecule has 0 saturated heterocycles. The van der Waals surface area contributed by atoms with Crippen molar-refractivity contribution in [2.45, 2.75) is 52.2 Å². The Morgan fingerprint density at radius 1 is 1.22 bits per heavy atom. The van der Waals surface area contributed by atoms with Crippen molar-refractivity contribution in [3.05, 3.63) is 53.9 Å². The number of Topliss-reactive ketones (excluding diaryl/α,β-unsaturated/α-hetero) is 1. The average molecular weight is 375 g/mol. The molecular weight excluding hydrogens is 349 g/mol. The van der Waals surface area contributed by atoms with Gasteiger partial charge in [0.05, 0.1) is 12.4 Å². The van der Waals surface area contributed by atoms with Crippen molar-refractivity contribution >= 4 is 11.8 Å². The van der Waals surface area contributed by atoms with Gasteiger partial charge in [-0.15, -0.1) is 0 Å². The number of imidazole rings is 1. The van der Waals surface area contributed by atoms with Gasteiger partial charge in [0.15, 0.2) is 0 Å². The standard InChI is InChI=1S/C20H26FN3O3/c1-13(2)8-18(14(3)25)23-19(20(26)27)9-17-10-22-12-24(17)11-15-4-6-16(21)7-5-15/h4-7,10,12-13,18-19,23H,8-9,11H2,1-3H3,(H,26,27)/t18?,19-/m0/s1. The molecule has 0 radical (unpaired) electrons. The molecule has 146 valence electrons. The Kier molecular flexibility index (Phi) is 7.24. The maximum atomic E-state index is 13.1. The van der Waals surface area contributed by atoms with Crippen LogP contribution in [0, 0.1) is 11.7 Å². The van der Waals surface area contributed by atoms with E-state index in [0.29, 0.717) is 13.0 Å². The van der Waals surface area contributed by atoms with E-state index in [1.54, 1.807) is 24.7 Å². The van der Waals surface area contributed by atoms with Gasteiger partial charge in [0.25, 0.3) is 0 Å². The summed E-state index contributed by atoms with van der Waals surface area (Å²) in [5.41, 5.74) is 1.61. The second kappa shape index (κ2) is 9.41. The number of hydrogen-bond acceptors (Lipinski definition) is 4. The summed E-state index contributed by atoms with van der Waals surface area (Å²) in [6.45, 7) is 5.91. The summed E-state index contributed by atoms with van der Waals surface area (Å²) in [4.78, 5) is 27.7. The Hall–Kier alpha value is -2.54. The summed E-state index contributed by atoms with van der Waals surface area (Å²) in [6, 6.07) is 4.73. The first-order valence-corrected chi connectivity index (χ1v) is 8.99. The molecule has 0 aliphatic rings. The van der Waals surface area contributed by atoms with Crippen LogP contribution in [0.25, 0.3) is 0 Å². The van der Waals surface area contributed by atoms with Gasteiger partial charge in [0.2, 0.25) is 0 Å². The van der Waals surface area contributed by atoms with Crippen LogP contribution in [0.3, 0.4) is 0 Å². The number of hydrogen-bond donors (Lipinski definition) is 2. The second-order valence-corrected chi connectivity index (χ2v) is 7.19. The van der Waals surface area contributed by atoms with Crippen LogP contribution in [0.1, 0.15) is 38.4 Å². The molecule has 27 heavy (non-hydrogen) atoms. The summed E-state index contributed by atoms with van der Waals surface area (Å²) < 4.78 is 14.9. The van der Waals surface area contributed by atoms with Crippen molar-refractivity contribution in [3.8, 4) is 0 Å². The van der Waals surface area contributed by atoms with Crippen LogP contribution in [-0.2, 0) is 22.6 Å². The molecule has 1 aromatic heterocycles. The second-order valence-electron chi connectivity index (χ2n) is 7.19. The van der Waals surface area contributed by atoms with E-state index < -0.39 is 18.1 Å². The Morgan fingerprint density at radius 2 is 1.89 bits per heavy atom. The summed E-state index contributed by atoms with van der Waals surface area (Å²) in [5, 5.41) is 12.6. The topological polar surface area (TPSA) is 84.2 Å². The van der Waals surface area contributed by atoms with Crippen molar-refractivity contribution in [2.75, 3.05) is 0 Å². The van der Waals surface area contributed by atoms with Gasteiger partial charge in [-0.2, -0.15) is 0 Å². The fourth-order valence-electron chi connectivity index (χ4n) is 2.94. The average Bonchev–Trinajstić information content (AvgIpc) is 3.01. The largest absolute Gasteiger partial charge is 0.480 e. The van der Waals surface area contributed by atoms with Gasteiger partial charge in [-0.25, -0.2) is 9.37 Å². The lowest BCUT2D eigenvalue weighted by Crippen LogP contribution is -2.48. The van der Waals surface area contributed by atoms with E-state index in [0.717, 1.165) is 11.3 Å². The van der Waals surface area contributed by atoms with E-state index in [1.165, 1.54) is 19.1 Å². The van der Waals surface area contributed by atoms with E-state index in [-0.39, 0.29) is 23.9 Å². The highest BCUT2D eigenvalue weighted by Crippen LogP contribution is 2.12. The number of nitrogens with one attached hydrogen (secondary N) is 1. The molecular formula is C20H26FN3O3. The first-order valence-electron chi connectivity index (χ1n) is 8.99. The molecule has 1 heterocycles. The highest BCUT2D eigenvalue weighted by molar-refractivity contribution is 5.82. The fourth-order valence-corrected chi connectivity index (χ4v) is 2.94.